The van der Waals surface area contributed by atoms with Crippen LogP contribution in [0.25, 0.3) is 0 Å². The largest absolute Gasteiger partial charge is 0.381 e. The van der Waals surface area contributed by atoms with Crippen LogP contribution in [-0.2, 0) is 0 Å². The molecule has 0 saturated heterocycles. The van der Waals surface area contributed by atoms with E-state index in [2.05, 4.69) is 10.6 Å². The summed E-state index contributed by atoms with van der Waals surface area (Å²) in [7, 11) is 0. The second-order valence-corrected chi connectivity index (χ2v) is 5.54. The minimum Gasteiger partial charge on any atom is -0.381 e. The molecule has 1 amide bonds. The van der Waals surface area contributed by atoms with Crippen molar-refractivity contribution in [2.75, 3.05) is 11.9 Å². The van der Waals surface area contributed by atoms with Gasteiger partial charge in [-0.2, -0.15) is 0 Å². The number of anilines is 1. The van der Waals surface area contributed by atoms with Crippen molar-refractivity contribution in [1.29, 1.82) is 0 Å². The number of halogens is 2. The van der Waals surface area contributed by atoms with Gasteiger partial charge in [-0.25, -0.2) is 8.78 Å². The number of nitrogens with one attached hydrogen (secondary N) is 2. The van der Waals surface area contributed by atoms with E-state index in [-0.39, 0.29) is 17.3 Å². The van der Waals surface area contributed by atoms with Crippen LogP contribution in [0.5, 0.6) is 0 Å². The van der Waals surface area contributed by atoms with Crippen LogP contribution in [-0.4, -0.2) is 12.5 Å². The van der Waals surface area contributed by atoms with Gasteiger partial charge in [-0.05, 0) is 37.4 Å². The SMILES string of the molecule is CCNc1c(F)cc(C(=O)NC(C)c2cccs2)cc1F. The second kappa shape index (κ2) is 6.67. The van der Waals surface area contributed by atoms with E-state index in [1.54, 1.807) is 6.92 Å². The van der Waals surface area contributed by atoms with Crippen molar-refractivity contribution in [3.63, 3.8) is 0 Å². The Morgan fingerprint density at radius 2 is 2.00 bits per heavy atom. The average molecular weight is 310 g/mol. The first kappa shape index (κ1) is 15.4. The van der Waals surface area contributed by atoms with E-state index >= 15 is 0 Å². The Morgan fingerprint density at radius 3 is 2.52 bits per heavy atom. The minimum atomic E-state index is -0.772. The standard InChI is InChI=1S/C15H16F2N2OS/c1-3-18-14-11(16)7-10(8-12(14)17)15(20)19-9(2)13-5-4-6-21-13/h4-9,18H,3H2,1-2H3,(H,19,20). The van der Waals surface area contributed by atoms with Crippen LogP contribution in [0, 0.1) is 11.6 Å². The molecule has 2 N–H and O–H groups in total. The van der Waals surface area contributed by atoms with Gasteiger partial charge in [-0.15, -0.1) is 11.3 Å². The number of amides is 1. The summed E-state index contributed by atoms with van der Waals surface area (Å²) in [5.41, 5.74) is -0.240. The molecule has 2 rings (SSSR count). The summed E-state index contributed by atoms with van der Waals surface area (Å²) in [6, 6.07) is 5.64. The molecule has 6 heteroatoms. The van der Waals surface area contributed by atoms with Gasteiger partial charge >= 0.3 is 0 Å². The monoisotopic (exact) mass is 310 g/mol. The Morgan fingerprint density at radius 1 is 1.33 bits per heavy atom. The fraction of sp³-hybridized carbons (Fsp3) is 0.267. The maximum Gasteiger partial charge on any atom is 0.251 e. The maximum atomic E-state index is 13.8. The molecule has 21 heavy (non-hydrogen) atoms. The van der Waals surface area contributed by atoms with E-state index in [1.165, 1.54) is 11.3 Å². The molecule has 0 aliphatic carbocycles. The zero-order valence-corrected chi connectivity index (χ0v) is 12.6. The smallest absolute Gasteiger partial charge is 0.251 e. The van der Waals surface area contributed by atoms with E-state index in [1.807, 2.05) is 24.4 Å². The van der Waals surface area contributed by atoms with Crippen LogP contribution in [0.4, 0.5) is 14.5 Å². The molecule has 0 radical (unpaired) electrons. The molecule has 0 spiro atoms. The van der Waals surface area contributed by atoms with Crippen LogP contribution in [0.3, 0.4) is 0 Å². The number of carbonyl (C=O) groups is 1. The summed E-state index contributed by atoms with van der Waals surface area (Å²) in [6.45, 7) is 3.96. The van der Waals surface area contributed by atoms with Crippen molar-refractivity contribution in [2.24, 2.45) is 0 Å². The number of thiophene rings is 1. The van der Waals surface area contributed by atoms with E-state index in [0.717, 1.165) is 17.0 Å². The van der Waals surface area contributed by atoms with Gasteiger partial charge in [0.25, 0.3) is 5.91 Å². The number of hydrogen-bond donors (Lipinski definition) is 2. The third kappa shape index (κ3) is 3.58. The topological polar surface area (TPSA) is 41.1 Å². The lowest BCUT2D eigenvalue weighted by Gasteiger charge is -2.13. The van der Waals surface area contributed by atoms with Crippen molar-refractivity contribution >= 4 is 22.9 Å². The van der Waals surface area contributed by atoms with Crippen molar-refractivity contribution in [3.05, 3.63) is 51.7 Å². The fourth-order valence-corrected chi connectivity index (χ4v) is 2.67. The lowest BCUT2D eigenvalue weighted by molar-refractivity contribution is 0.0939. The van der Waals surface area contributed by atoms with Gasteiger partial charge in [0, 0.05) is 17.0 Å². The number of carbonyl (C=O) groups excluding carboxylic acids is 1. The summed E-state index contributed by atoms with van der Waals surface area (Å²) in [5.74, 6) is -2.05. The molecular formula is C15H16F2N2OS. The Labute approximate surface area is 126 Å². The highest BCUT2D eigenvalue weighted by Gasteiger charge is 2.17. The van der Waals surface area contributed by atoms with Crippen molar-refractivity contribution < 1.29 is 13.6 Å². The molecular weight excluding hydrogens is 294 g/mol. The number of rotatable bonds is 5. The summed E-state index contributed by atoms with van der Waals surface area (Å²) in [5, 5.41) is 7.22. The first-order valence-electron chi connectivity index (χ1n) is 6.60. The first-order chi connectivity index (χ1) is 10.0. The molecule has 0 fully saturated rings. The predicted octanol–water partition coefficient (Wildman–Crippen LogP) is 3.95. The predicted molar refractivity (Wildman–Crippen MR) is 80.7 cm³/mol. The van der Waals surface area contributed by atoms with Crippen molar-refractivity contribution in [3.8, 4) is 0 Å². The highest BCUT2D eigenvalue weighted by Crippen LogP contribution is 2.22. The molecule has 3 nitrogen and oxygen atoms in total. The molecule has 1 atom stereocenters. The molecule has 112 valence electrons. The molecule has 1 heterocycles. The zero-order valence-electron chi connectivity index (χ0n) is 11.7. The number of benzene rings is 1. The van der Waals surface area contributed by atoms with Crippen LogP contribution in [0.1, 0.15) is 35.1 Å². The normalized spacial score (nSPS) is 12.0. The van der Waals surface area contributed by atoms with Crippen LogP contribution < -0.4 is 10.6 Å². The Bertz CT molecular complexity index is 606. The fourth-order valence-electron chi connectivity index (χ4n) is 1.94. The van der Waals surface area contributed by atoms with E-state index in [9.17, 15) is 13.6 Å². The molecule has 1 unspecified atom stereocenters. The Hall–Kier alpha value is -1.95. The van der Waals surface area contributed by atoms with Gasteiger partial charge in [0.15, 0.2) is 0 Å². The van der Waals surface area contributed by atoms with Gasteiger partial charge in [0.1, 0.15) is 17.3 Å². The van der Waals surface area contributed by atoms with E-state index in [0.29, 0.717) is 6.54 Å². The van der Waals surface area contributed by atoms with Crippen LogP contribution in [0.15, 0.2) is 29.6 Å². The average Bonchev–Trinajstić information content (AvgIpc) is 2.96. The van der Waals surface area contributed by atoms with Gasteiger partial charge < -0.3 is 10.6 Å². The van der Waals surface area contributed by atoms with Gasteiger partial charge in [-0.1, -0.05) is 6.07 Å². The highest BCUT2D eigenvalue weighted by molar-refractivity contribution is 7.10. The van der Waals surface area contributed by atoms with E-state index < -0.39 is 17.5 Å². The molecule has 0 aliphatic rings. The van der Waals surface area contributed by atoms with Crippen molar-refractivity contribution in [2.45, 2.75) is 19.9 Å². The van der Waals surface area contributed by atoms with Crippen LogP contribution >= 0.6 is 11.3 Å². The Kier molecular flexibility index (Phi) is 4.90. The summed E-state index contributed by atoms with van der Waals surface area (Å²) in [4.78, 5) is 13.0. The molecule has 1 aromatic heterocycles. The van der Waals surface area contributed by atoms with Crippen molar-refractivity contribution in [1.82, 2.24) is 5.32 Å². The lowest BCUT2D eigenvalue weighted by atomic mass is 10.1. The number of hydrogen-bond acceptors (Lipinski definition) is 3. The minimum absolute atomic E-state index is 0.0324. The Balaban J connectivity index is 2.16. The molecule has 0 bridgehead atoms. The van der Waals surface area contributed by atoms with Gasteiger partial charge in [0.2, 0.25) is 0 Å². The molecule has 1 aromatic carbocycles. The van der Waals surface area contributed by atoms with Gasteiger partial charge in [-0.3, -0.25) is 4.79 Å². The first-order valence-corrected chi connectivity index (χ1v) is 7.48. The summed E-state index contributed by atoms with van der Waals surface area (Å²) < 4.78 is 27.6. The third-order valence-corrected chi connectivity index (χ3v) is 4.03. The summed E-state index contributed by atoms with van der Waals surface area (Å²) in [6.07, 6.45) is 0. The zero-order chi connectivity index (χ0) is 15.4. The van der Waals surface area contributed by atoms with Gasteiger partial charge in [0.05, 0.1) is 6.04 Å². The molecule has 2 aromatic rings. The summed E-state index contributed by atoms with van der Waals surface area (Å²) >= 11 is 1.51. The third-order valence-electron chi connectivity index (χ3n) is 2.98. The lowest BCUT2D eigenvalue weighted by Crippen LogP contribution is -2.26. The van der Waals surface area contributed by atoms with E-state index in [4.69, 9.17) is 0 Å². The molecule has 0 aliphatic heterocycles. The highest BCUT2D eigenvalue weighted by atomic mass is 32.1. The van der Waals surface area contributed by atoms with Crippen LogP contribution in [0.2, 0.25) is 0 Å². The quantitative estimate of drug-likeness (QED) is 0.878. The maximum absolute atomic E-state index is 13.8. The second-order valence-electron chi connectivity index (χ2n) is 4.56. The molecule has 0 saturated carbocycles.